The van der Waals surface area contributed by atoms with E-state index >= 15 is 0 Å². The summed E-state index contributed by atoms with van der Waals surface area (Å²) in [6, 6.07) is 0.525. The van der Waals surface area contributed by atoms with E-state index in [2.05, 4.69) is 15.0 Å². The Bertz CT molecular complexity index is 477. The third-order valence-corrected chi connectivity index (χ3v) is 3.61. The third kappa shape index (κ3) is 2.97. The molecule has 2 aliphatic heterocycles. The minimum absolute atomic E-state index is 0.00163. The van der Waals surface area contributed by atoms with Gasteiger partial charge in [0.25, 0.3) is 5.89 Å². The fourth-order valence-corrected chi connectivity index (χ4v) is 2.66. The van der Waals surface area contributed by atoms with Crippen LogP contribution in [-0.2, 0) is 20.9 Å². The number of carbonyl (C=O) groups is 1. The molecule has 0 radical (unpaired) electrons. The molecule has 2 saturated heterocycles. The summed E-state index contributed by atoms with van der Waals surface area (Å²) in [5, 5.41) is 12.4. The second kappa shape index (κ2) is 5.86. The van der Waals surface area contributed by atoms with Crippen molar-refractivity contribution in [3.8, 4) is 0 Å². The van der Waals surface area contributed by atoms with E-state index in [-0.39, 0.29) is 25.2 Å². The first-order chi connectivity index (χ1) is 9.72. The molecule has 0 spiro atoms. The van der Waals surface area contributed by atoms with E-state index in [0.717, 1.165) is 13.1 Å². The van der Waals surface area contributed by atoms with Crippen molar-refractivity contribution in [2.75, 3.05) is 26.3 Å². The van der Waals surface area contributed by atoms with Gasteiger partial charge in [0.15, 0.2) is 0 Å². The molecule has 20 heavy (non-hydrogen) atoms. The van der Waals surface area contributed by atoms with E-state index in [1.165, 1.54) is 12.8 Å². The van der Waals surface area contributed by atoms with Gasteiger partial charge < -0.3 is 19.1 Å². The van der Waals surface area contributed by atoms with Crippen molar-refractivity contribution in [2.45, 2.75) is 31.6 Å². The van der Waals surface area contributed by atoms with Crippen LogP contribution >= 0.6 is 0 Å². The van der Waals surface area contributed by atoms with Gasteiger partial charge in [-0.1, -0.05) is 5.16 Å². The highest BCUT2D eigenvalue weighted by Gasteiger charge is 2.34. The summed E-state index contributed by atoms with van der Waals surface area (Å²) in [5.41, 5.74) is 0. The fraction of sp³-hybridized carbons (Fsp3) is 0.750. The van der Waals surface area contributed by atoms with Crippen LogP contribution in [-0.4, -0.2) is 58.5 Å². The molecule has 1 aromatic heterocycles. The number of rotatable bonds is 5. The number of carboxylic acids is 1. The molecule has 1 aromatic rings. The molecule has 2 unspecified atom stereocenters. The van der Waals surface area contributed by atoms with Crippen molar-refractivity contribution in [3.63, 3.8) is 0 Å². The minimum Gasteiger partial charge on any atom is -0.480 e. The van der Waals surface area contributed by atoms with Gasteiger partial charge in [-0.15, -0.1) is 0 Å². The lowest BCUT2D eigenvalue weighted by molar-refractivity contribution is -0.142. The highest BCUT2D eigenvalue weighted by atomic mass is 16.5. The first-order valence-electron chi connectivity index (χ1n) is 6.70. The van der Waals surface area contributed by atoms with E-state index in [1.807, 2.05) is 0 Å². The Labute approximate surface area is 115 Å². The van der Waals surface area contributed by atoms with Gasteiger partial charge in [-0.05, 0) is 19.4 Å². The molecule has 0 saturated carbocycles. The zero-order valence-electron chi connectivity index (χ0n) is 11.0. The van der Waals surface area contributed by atoms with Gasteiger partial charge in [0.1, 0.15) is 19.3 Å². The van der Waals surface area contributed by atoms with Gasteiger partial charge in [0.2, 0.25) is 5.82 Å². The largest absolute Gasteiger partial charge is 0.480 e. The standard InChI is InChI=1S/C12H17N3O5/c16-11(17)7-18-6-10-13-12(14-20-10)9-4-15-3-1-2-8(15)5-19-9/h8-9H,1-7H2,(H,16,17). The third-order valence-electron chi connectivity index (χ3n) is 3.61. The van der Waals surface area contributed by atoms with Crippen LogP contribution in [0.4, 0.5) is 0 Å². The normalized spacial score (nSPS) is 26.6. The smallest absolute Gasteiger partial charge is 0.329 e. The van der Waals surface area contributed by atoms with E-state index in [9.17, 15) is 4.79 Å². The zero-order chi connectivity index (χ0) is 13.9. The van der Waals surface area contributed by atoms with E-state index < -0.39 is 5.97 Å². The Hall–Kier alpha value is -1.51. The zero-order valence-corrected chi connectivity index (χ0v) is 11.0. The molecule has 8 nitrogen and oxygen atoms in total. The summed E-state index contributed by atoms with van der Waals surface area (Å²) in [6.45, 7) is 2.19. The molecule has 0 aromatic carbocycles. The summed E-state index contributed by atoms with van der Waals surface area (Å²) in [6.07, 6.45) is 2.22. The number of aromatic nitrogens is 2. The average molecular weight is 283 g/mol. The lowest BCUT2D eigenvalue weighted by atomic mass is 10.2. The number of hydrogen-bond acceptors (Lipinski definition) is 7. The molecular weight excluding hydrogens is 266 g/mol. The van der Waals surface area contributed by atoms with Gasteiger partial charge in [-0.3, -0.25) is 4.90 Å². The van der Waals surface area contributed by atoms with Crippen LogP contribution in [0.15, 0.2) is 4.52 Å². The molecule has 2 atom stereocenters. The van der Waals surface area contributed by atoms with Crippen LogP contribution in [0.1, 0.15) is 30.7 Å². The maximum atomic E-state index is 10.3. The molecule has 8 heteroatoms. The summed E-state index contributed by atoms with van der Waals surface area (Å²) >= 11 is 0. The van der Waals surface area contributed by atoms with Crippen molar-refractivity contribution < 1.29 is 23.9 Å². The highest BCUT2D eigenvalue weighted by molar-refractivity contribution is 5.67. The van der Waals surface area contributed by atoms with Crippen molar-refractivity contribution in [3.05, 3.63) is 11.7 Å². The van der Waals surface area contributed by atoms with Crippen molar-refractivity contribution in [1.82, 2.24) is 15.0 Å². The van der Waals surface area contributed by atoms with Crippen LogP contribution in [0.5, 0.6) is 0 Å². The quantitative estimate of drug-likeness (QED) is 0.818. The van der Waals surface area contributed by atoms with E-state index in [4.69, 9.17) is 19.1 Å². The molecule has 0 amide bonds. The van der Waals surface area contributed by atoms with Crippen molar-refractivity contribution >= 4 is 5.97 Å². The molecular formula is C12H17N3O5. The first-order valence-corrected chi connectivity index (χ1v) is 6.70. The lowest BCUT2D eigenvalue weighted by Crippen LogP contribution is -2.42. The predicted molar refractivity (Wildman–Crippen MR) is 64.9 cm³/mol. The summed E-state index contributed by atoms with van der Waals surface area (Å²) < 4.78 is 15.7. The Balaban J connectivity index is 1.55. The fourth-order valence-electron chi connectivity index (χ4n) is 2.66. The van der Waals surface area contributed by atoms with Gasteiger partial charge >= 0.3 is 5.97 Å². The number of carboxylic acid groups (broad SMARTS) is 1. The second-order valence-corrected chi connectivity index (χ2v) is 5.05. The number of hydrogen-bond donors (Lipinski definition) is 1. The molecule has 0 bridgehead atoms. The Morgan fingerprint density at radius 3 is 3.30 bits per heavy atom. The maximum absolute atomic E-state index is 10.3. The van der Waals surface area contributed by atoms with Crippen LogP contribution in [0, 0.1) is 0 Å². The SMILES string of the molecule is O=C(O)COCc1nc(C2CN3CCCC3CO2)no1. The Morgan fingerprint density at radius 1 is 1.55 bits per heavy atom. The molecule has 3 rings (SSSR count). The van der Waals surface area contributed by atoms with Crippen molar-refractivity contribution in [2.24, 2.45) is 0 Å². The molecule has 2 aliphatic rings. The monoisotopic (exact) mass is 283 g/mol. The number of fused-ring (bicyclic) bond motifs is 1. The molecule has 3 heterocycles. The van der Waals surface area contributed by atoms with Gasteiger partial charge in [0.05, 0.1) is 6.61 Å². The van der Waals surface area contributed by atoms with Crippen LogP contribution in [0.3, 0.4) is 0 Å². The second-order valence-electron chi connectivity index (χ2n) is 5.05. The van der Waals surface area contributed by atoms with Gasteiger partial charge in [0, 0.05) is 12.6 Å². The number of aliphatic carboxylic acids is 1. The molecule has 110 valence electrons. The van der Waals surface area contributed by atoms with Crippen LogP contribution in [0.25, 0.3) is 0 Å². The predicted octanol–water partition coefficient (Wildman–Crippen LogP) is 0.207. The average Bonchev–Trinajstić information content (AvgIpc) is 3.05. The van der Waals surface area contributed by atoms with Gasteiger partial charge in [-0.25, -0.2) is 4.79 Å². The highest BCUT2D eigenvalue weighted by Crippen LogP contribution is 2.28. The van der Waals surface area contributed by atoms with Crippen LogP contribution < -0.4 is 0 Å². The molecule has 1 N–H and O–H groups in total. The number of nitrogens with zero attached hydrogens (tertiary/aromatic N) is 3. The lowest BCUT2D eigenvalue weighted by Gasteiger charge is -2.33. The molecule has 2 fully saturated rings. The Morgan fingerprint density at radius 2 is 2.45 bits per heavy atom. The topological polar surface area (TPSA) is 97.9 Å². The maximum Gasteiger partial charge on any atom is 0.329 e. The van der Waals surface area contributed by atoms with E-state index in [1.54, 1.807) is 0 Å². The molecule has 0 aliphatic carbocycles. The summed E-state index contributed by atoms with van der Waals surface area (Å²) in [5.74, 6) is -0.252. The Kier molecular flexibility index (Phi) is 3.95. The van der Waals surface area contributed by atoms with Crippen molar-refractivity contribution in [1.29, 1.82) is 0 Å². The summed E-state index contributed by atoms with van der Waals surface area (Å²) in [4.78, 5) is 16.9. The van der Waals surface area contributed by atoms with Crippen LogP contribution in [0.2, 0.25) is 0 Å². The minimum atomic E-state index is -1.03. The summed E-state index contributed by atoms with van der Waals surface area (Å²) in [7, 11) is 0. The van der Waals surface area contributed by atoms with E-state index in [0.29, 0.717) is 18.5 Å². The number of ether oxygens (including phenoxy) is 2. The first kappa shape index (κ1) is 13.5. The van der Waals surface area contributed by atoms with Gasteiger partial charge in [-0.2, -0.15) is 4.98 Å². The number of morpholine rings is 1.